The molecular weight excluding hydrogens is 188 g/mol. The van der Waals surface area contributed by atoms with Gasteiger partial charge in [0.05, 0.1) is 20.6 Å². The molecule has 1 amide bonds. The maximum atomic E-state index is 10.9. The number of hydrogen-bond acceptors (Lipinski definition) is 1. The molecule has 0 aliphatic rings. The number of rotatable bonds is 4. The van der Waals surface area contributed by atoms with Crippen molar-refractivity contribution in [2.24, 2.45) is 0 Å². The molecule has 0 rings (SSSR count). The van der Waals surface area contributed by atoms with Gasteiger partial charge in [-0.15, -0.1) is 0 Å². The van der Waals surface area contributed by atoms with Crippen molar-refractivity contribution < 1.29 is 21.7 Å². The van der Waals surface area contributed by atoms with E-state index < -0.39 is 0 Å². The molecule has 13 heavy (non-hydrogen) atoms. The number of quaternary nitrogens is 1. The second kappa shape index (κ2) is 6.00. The third-order valence-electron chi connectivity index (χ3n) is 2.40. The number of halogens is 1. The molecule has 0 aliphatic carbocycles. The quantitative estimate of drug-likeness (QED) is 0.314. The summed E-state index contributed by atoms with van der Waals surface area (Å²) in [6, 6.07) is 0. The first-order chi connectivity index (χ1) is 5.44. The van der Waals surface area contributed by atoms with Crippen LogP contribution in [0.15, 0.2) is 12.7 Å². The fourth-order valence-corrected chi connectivity index (χ4v) is 0.713. The van der Waals surface area contributed by atoms with E-state index in [-0.39, 0.29) is 24.5 Å². The number of amides is 1. The maximum absolute atomic E-state index is 10.9. The number of nitrogens with one attached hydrogen (secondary N) is 1. The number of carbonyl (C=O) groups excluding carboxylic acids is 1. The van der Waals surface area contributed by atoms with E-state index in [0.717, 1.165) is 11.0 Å². The van der Waals surface area contributed by atoms with Gasteiger partial charge in [-0.3, -0.25) is 4.79 Å². The molecule has 3 nitrogen and oxygen atoms in total. The molecule has 4 heteroatoms. The summed E-state index contributed by atoms with van der Waals surface area (Å²) in [5.41, 5.74) is 0. The third kappa shape index (κ3) is 4.90. The highest BCUT2D eigenvalue weighted by Crippen LogP contribution is 2.01. The Morgan fingerprint density at radius 1 is 1.62 bits per heavy atom. The molecule has 1 unspecified atom stereocenters. The van der Waals surface area contributed by atoms with Crippen LogP contribution < -0.4 is 17.7 Å². The number of hydrogen-bond donors (Lipinski definition) is 1. The highest BCUT2D eigenvalue weighted by Gasteiger charge is 2.21. The van der Waals surface area contributed by atoms with Crippen LogP contribution in [0.4, 0.5) is 0 Å². The van der Waals surface area contributed by atoms with Crippen molar-refractivity contribution in [2.75, 3.05) is 20.6 Å². The van der Waals surface area contributed by atoms with Crippen LogP contribution in [0.5, 0.6) is 0 Å². The van der Waals surface area contributed by atoms with Crippen LogP contribution in [0.1, 0.15) is 13.8 Å². The Kier molecular flexibility index (Phi) is 6.90. The maximum Gasteiger partial charge on any atom is 0.247 e. The minimum Gasteiger partial charge on any atom is -1.00 e. The monoisotopic (exact) mass is 206 g/mol. The van der Waals surface area contributed by atoms with Crippen LogP contribution >= 0.6 is 0 Å². The molecule has 1 N–H and O–H groups in total. The van der Waals surface area contributed by atoms with Gasteiger partial charge in [0.15, 0.2) is 6.17 Å². The Morgan fingerprint density at radius 3 is 2.38 bits per heavy atom. The van der Waals surface area contributed by atoms with E-state index in [4.69, 9.17) is 0 Å². The van der Waals surface area contributed by atoms with Gasteiger partial charge in [-0.05, 0) is 13.0 Å². The molecule has 0 aromatic rings. The fraction of sp³-hybridized carbons (Fsp3) is 0.667. The highest BCUT2D eigenvalue weighted by atomic mass is 35.5. The number of carbonyl (C=O) groups is 1. The van der Waals surface area contributed by atoms with Gasteiger partial charge >= 0.3 is 0 Å². The zero-order valence-electron chi connectivity index (χ0n) is 8.80. The third-order valence-corrected chi connectivity index (χ3v) is 2.40. The van der Waals surface area contributed by atoms with Crippen LogP contribution in [0.2, 0.25) is 0 Å². The van der Waals surface area contributed by atoms with Crippen LogP contribution in [0.3, 0.4) is 0 Å². The molecule has 0 aromatic carbocycles. The molecule has 0 spiro atoms. The molecule has 0 fully saturated rings. The van der Waals surface area contributed by atoms with E-state index in [9.17, 15) is 4.79 Å². The lowest BCUT2D eigenvalue weighted by Gasteiger charge is -2.34. The Labute approximate surface area is 86.8 Å². The summed E-state index contributed by atoms with van der Waals surface area (Å²) in [6.45, 7) is 8.47. The van der Waals surface area contributed by atoms with E-state index in [2.05, 4.69) is 32.9 Å². The van der Waals surface area contributed by atoms with E-state index in [1.165, 1.54) is 6.08 Å². The molecule has 0 aromatic heterocycles. The summed E-state index contributed by atoms with van der Waals surface area (Å²) in [5, 5.41) is 2.84. The summed E-state index contributed by atoms with van der Waals surface area (Å²) < 4.78 is 0.777. The smallest absolute Gasteiger partial charge is 0.247 e. The van der Waals surface area contributed by atoms with Crippen molar-refractivity contribution >= 4 is 5.91 Å². The van der Waals surface area contributed by atoms with Crippen LogP contribution in [-0.2, 0) is 4.79 Å². The Morgan fingerprint density at radius 2 is 2.08 bits per heavy atom. The van der Waals surface area contributed by atoms with Crippen LogP contribution in [0.25, 0.3) is 0 Å². The topological polar surface area (TPSA) is 29.1 Å². The standard InChI is InChI=1S/C9H18N2O.ClH/c1-6-9(12)10-8(3)11(4,5)7-2;/h6,8H,1,7H2,2-5H3;1H. The van der Waals surface area contributed by atoms with E-state index >= 15 is 0 Å². The molecule has 0 saturated heterocycles. The second-order valence-electron chi connectivity index (χ2n) is 3.48. The fourth-order valence-electron chi connectivity index (χ4n) is 0.713. The summed E-state index contributed by atoms with van der Waals surface area (Å²) in [4.78, 5) is 10.9. The van der Waals surface area contributed by atoms with Crippen molar-refractivity contribution in [3.8, 4) is 0 Å². The average molecular weight is 207 g/mol. The van der Waals surface area contributed by atoms with Crippen molar-refractivity contribution in [2.45, 2.75) is 20.0 Å². The van der Waals surface area contributed by atoms with Crippen molar-refractivity contribution in [1.82, 2.24) is 5.32 Å². The van der Waals surface area contributed by atoms with Gasteiger partial charge in [0, 0.05) is 6.92 Å². The first kappa shape index (κ1) is 15.0. The van der Waals surface area contributed by atoms with E-state index in [1.54, 1.807) is 0 Å². The largest absolute Gasteiger partial charge is 1.00 e. The molecule has 78 valence electrons. The Bertz CT molecular complexity index is 180. The second-order valence-corrected chi connectivity index (χ2v) is 3.48. The molecule has 0 heterocycles. The van der Waals surface area contributed by atoms with Gasteiger partial charge in [0.25, 0.3) is 0 Å². The van der Waals surface area contributed by atoms with Crippen LogP contribution in [0, 0.1) is 0 Å². The van der Waals surface area contributed by atoms with Gasteiger partial charge in [0.2, 0.25) is 5.91 Å². The minimum absolute atomic E-state index is 0. The molecule has 0 bridgehead atoms. The zero-order chi connectivity index (χ0) is 9.78. The van der Waals surface area contributed by atoms with Gasteiger partial charge in [0.1, 0.15) is 0 Å². The van der Waals surface area contributed by atoms with E-state index in [0.29, 0.717) is 0 Å². The molecule has 0 aliphatic heterocycles. The zero-order valence-corrected chi connectivity index (χ0v) is 9.56. The van der Waals surface area contributed by atoms with Gasteiger partial charge in [-0.2, -0.15) is 0 Å². The van der Waals surface area contributed by atoms with Crippen LogP contribution in [-0.4, -0.2) is 37.2 Å². The lowest BCUT2D eigenvalue weighted by atomic mass is 10.3. The predicted octanol–water partition coefficient (Wildman–Crippen LogP) is -2.27. The summed E-state index contributed by atoms with van der Waals surface area (Å²) in [7, 11) is 4.15. The summed E-state index contributed by atoms with van der Waals surface area (Å²) in [6.07, 6.45) is 1.42. The Balaban J connectivity index is 0. The van der Waals surface area contributed by atoms with Gasteiger partial charge in [-0.25, -0.2) is 0 Å². The Hall–Kier alpha value is -0.540. The first-order valence-electron chi connectivity index (χ1n) is 4.19. The van der Waals surface area contributed by atoms with Gasteiger partial charge < -0.3 is 22.2 Å². The molecular formula is C9H19ClN2O. The average Bonchev–Trinajstić information content (AvgIpc) is 2.04. The summed E-state index contributed by atoms with van der Waals surface area (Å²) in [5.74, 6) is -0.109. The van der Waals surface area contributed by atoms with Crippen molar-refractivity contribution in [3.63, 3.8) is 0 Å². The number of nitrogens with zero attached hydrogens (tertiary/aromatic N) is 1. The molecule has 1 atom stereocenters. The van der Waals surface area contributed by atoms with Crippen molar-refractivity contribution in [3.05, 3.63) is 12.7 Å². The predicted molar refractivity (Wildman–Crippen MR) is 50.5 cm³/mol. The van der Waals surface area contributed by atoms with Crippen molar-refractivity contribution in [1.29, 1.82) is 0 Å². The lowest BCUT2D eigenvalue weighted by Crippen LogP contribution is -3.00. The van der Waals surface area contributed by atoms with E-state index in [1.807, 2.05) is 6.92 Å². The van der Waals surface area contributed by atoms with Gasteiger partial charge in [-0.1, -0.05) is 6.58 Å². The normalized spacial score (nSPS) is 12.6. The lowest BCUT2D eigenvalue weighted by molar-refractivity contribution is -0.913. The molecule has 0 saturated carbocycles. The molecule has 0 radical (unpaired) electrons. The summed E-state index contributed by atoms with van der Waals surface area (Å²) >= 11 is 0. The SMILES string of the molecule is C=CC(=O)NC(C)[N+](C)(C)CC.[Cl-]. The minimum atomic E-state index is -0.109. The first-order valence-corrected chi connectivity index (χ1v) is 4.19. The highest BCUT2D eigenvalue weighted by molar-refractivity contribution is 5.86.